The fourth-order valence-electron chi connectivity index (χ4n) is 2.86. The SMILES string of the molecule is COCCCN1CCN2CCCCC2C1. The van der Waals surface area contributed by atoms with Gasteiger partial charge in [0.2, 0.25) is 0 Å². The van der Waals surface area contributed by atoms with Crippen molar-refractivity contribution in [3.63, 3.8) is 0 Å². The minimum atomic E-state index is 0.857. The van der Waals surface area contributed by atoms with E-state index in [9.17, 15) is 0 Å². The van der Waals surface area contributed by atoms with Crippen molar-refractivity contribution < 1.29 is 4.74 Å². The Kier molecular flexibility index (Phi) is 4.42. The van der Waals surface area contributed by atoms with Crippen LogP contribution in [0.3, 0.4) is 0 Å². The highest BCUT2D eigenvalue weighted by atomic mass is 16.5. The van der Waals surface area contributed by atoms with E-state index in [0.717, 1.165) is 12.6 Å². The summed E-state index contributed by atoms with van der Waals surface area (Å²) in [6.07, 6.45) is 5.46. The van der Waals surface area contributed by atoms with Crippen molar-refractivity contribution >= 4 is 0 Å². The Balaban J connectivity index is 1.71. The van der Waals surface area contributed by atoms with Crippen molar-refractivity contribution in [3.8, 4) is 0 Å². The van der Waals surface area contributed by atoms with E-state index in [1.54, 1.807) is 7.11 Å². The van der Waals surface area contributed by atoms with Gasteiger partial charge in [-0.15, -0.1) is 0 Å². The van der Waals surface area contributed by atoms with Gasteiger partial charge in [0.05, 0.1) is 0 Å². The van der Waals surface area contributed by atoms with Crippen LogP contribution < -0.4 is 0 Å². The van der Waals surface area contributed by atoms with Crippen LogP contribution in [0.15, 0.2) is 0 Å². The molecule has 0 aliphatic carbocycles. The van der Waals surface area contributed by atoms with Gasteiger partial charge in [-0.25, -0.2) is 0 Å². The molecule has 1 atom stereocenters. The molecule has 0 aromatic rings. The van der Waals surface area contributed by atoms with Crippen LogP contribution in [-0.2, 0) is 4.74 Å². The van der Waals surface area contributed by atoms with Crippen LogP contribution in [0.5, 0.6) is 0 Å². The first-order valence-corrected chi connectivity index (χ1v) is 6.35. The number of piperazine rings is 1. The summed E-state index contributed by atoms with van der Waals surface area (Å²) in [5, 5.41) is 0. The Hall–Kier alpha value is -0.120. The molecule has 2 aliphatic rings. The van der Waals surface area contributed by atoms with Gasteiger partial charge >= 0.3 is 0 Å². The first-order valence-electron chi connectivity index (χ1n) is 6.35. The van der Waals surface area contributed by atoms with Gasteiger partial charge in [-0.2, -0.15) is 0 Å². The minimum Gasteiger partial charge on any atom is -0.385 e. The molecule has 3 heteroatoms. The van der Waals surface area contributed by atoms with E-state index in [4.69, 9.17) is 4.74 Å². The lowest BCUT2D eigenvalue weighted by molar-refractivity contribution is 0.0451. The maximum atomic E-state index is 5.10. The molecule has 0 bridgehead atoms. The van der Waals surface area contributed by atoms with Crippen molar-refractivity contribution in [3.05, 3.63) is 0 Å². The number of ether oxygens (including phenoxy) is 1. The Morgan fingerprint density at radius 2 is 2.13 bits per heavy atom. The number of hydrogen-bond acceptors (Lipinski definition) is 3. The molecule has 0 N–H and O–H groups in total. The smallest absolute Gasteiger partial charge is 0.0474 e. The molecule has 0 spiro atoms. The highest BCUT2D eigenvalue weighted by Gasteiger charge is 2.28. The van der Waals surface area contributed by atoms with E-state index in [-0.39, 0.29) is 0 Å². The van der Waals surface area contributed by atoms with E-state index >= 15 is 0 Å². The lowest BCUT2D eigenvalue weighted by atomic mass is 9.99. The molecule has 15 heavy (non-hydrogen) atoms. The zero-order valence-electron chi connectivity index (χ0n) is 9.95. The number of rotatable bonds is 4. The van der Waals surface area contributed by atoms with Crippen LogP contribution in [0, 0.1) is 0 Å². The van der Waals surface area contributed by atoms with Gasteiger partial charge in [-0.05, 0) is 25.8 Å². The van der Waals surface area contributed by atoms with Crippen molar-refractivity contribution in [2.75, 3.05) is 46.4 Å². The average Bonchev–Trinajstić information content (AvgIpc) is 2.29. The Bertz CT molecular complexity index is 184. The highest BCUT2D eigenvalue weighted by molar-refractivity contribution is 4.84. The van der Waals surface area contributed by atoms with Crippen molar-refractivity contribution in [2.24, 2.45) is 0 Å². The van der Waals surface area contributed by atoms with E-state index in [2.05, 4.69) is 9.80 Å². The molecule has 2 fully saturated rings. The largest absolute Gasteiger partial charge is 0.385 e. The number of piperidine rings is 1. The molecular formula is C12H24N2O. The summed E-state index contributed by atoms with van der Waals surface area (Å²) in [4.78, 5) is 5.31. The van der Waals surface area contributed by atoms with Gasteiger partial charge in [-0.3, -0.25) is 4.90 Å². The number of nitrogens with zero attached hydrogens (tertiary/aromatic N) is 2. The van der Waals surface area contributed by atoms with Gasteiger partial charge in [0.1, 0.15) is 0 Å². The zero-order chi connectivity index (χ0) is 10.5. The summed E-state index contributed by atoms with van der Waals surface area (Å²) in [5.41, 5.74) is 0. The second kappa shape index (κ2) is 5.83. The molecule has 0 aromatic carbocycles. The van der Waals surface area contributed by atoms with Crippen molar-refractivity contribution in [1.82, 2.24) is 9.80 Å². The summed E-state index contributed by atoms with van der Waals surface area (Å²) in [6, 6.07) is 0.857. The fourth-order valence-corrected chi connectivity index (χ4v) is 2.86. The summed E-state index contributed by atoms with van der Waals surface area (Å²) < 4.78 is 5.10. The van der Waals surface area contributed by atoms with Crippen LogP contribution in [0.2, 0.25) is 0 Å². The summed E-state index contributed by atoms with van der Waals surface area (Å²) >= 11 is 0. The van der Waals surface area contributed by atoms with Crippen LogP contribution in [0.25, 0.3) is 0 Å². The molecule has 2 aliphatic heterocycles. The maximum absolute atomic E-state index is 5.10. The fraction of sp³-hybridized carbons (Fsp3) is 1.00. The van der Waals surface area contributed by atoms with E-state index < -0.39 is 0 Å². The van der Waals surface area contributed by atoms with Crippen molar-refractivity contribution in [1.29, 1.82) is 0 Å². The molecular weight excluding hydrogens is 188 g/mol. The van der Waals surface area contributed by atoms with Gasteiger partial charge in [0, 0.05) is 45.9 Å². The van der Waals surface area contributed by atoms with Gasteiger partial charge in [0.15, 0.2) is 0 Å². The third kappa shape index (κ3) is 3.16. The standard InChI is InChI=1S/C12H24N2O/c1-15-10-4-6-13-8-9-14-7-3-2-5-12(14)11-13/h12H,2-11H2,1H3. The lowest BCUT2D eigenvalue weighted by Crippen LogP contribution is -2.54. The summed E-state index contributed by atoms with van der Waals surface area (Å²) in [6.45, 7) is 7.32. The van der Waals surface area contributed by atoms with Gasteiger partial charge in [0.25, 0.3) is 0 Å². The Morgan fingerprint density at radius 1 is 1.20 bits per heavy atom. The minimum absolute atomic E-state index is 0.857. The normalized spacial score (nSPS) is 29.0. The third-order valence-corrected chi connectivity index (χ3v) is 3.74. The zero-order valence-corrected chi connectivity index (χ0v) is 9.95. The maximum Gasteiger partial charge on any atom is 0.0474 e. The molecule has 2 heterocycles. The molecule has 0 amide bonds. The van der Waals surface area contributed by atoms with Gasteiger partial charge in [-0.1, -0.05) is 6.42 Å². The van der Waals surface area contributed by atoms with Crippen molar-refractivity contribution in [2.45, 2.75) is 31.7 Å². The predicted molar refractivity (Wildman–Crippen MR) is 62.1 cm³/mol. The second-order valence-corrected chi connectivity index (χ2v) is 4.83. The molecule has 88 valence electrons. The quantitative estimate of drug-likeness (QED) is 0.651. The molecule has 2 saturated heterocycles. The van der Waals surface area contributed by atoms with E-state index in [1.165, 1.54) is 58.4 Å². The first-order chi connectivity index (χ1) is 7.40. The molecule has 0 aromatic heterocycles. The average molecular weight is 212 g/mol. The van der Waals surface area contributed by atoms with Crippen LogP contribution >= 0.6 is 0 Å². The topological polar surface area (TPSA) is 15.7 Å². The van der Waals surface area contributed by atoms with E-state index in [1.807, 2.05) is 0 Å². The van der Waals surface area contributed by atoms with Crippen LogP contribution in [0.1, 0.15) is 25.7 Å². The Morgan fingerprint density at radius 3 is 3.00 bits per heavy atom. The number of hydrogen-bond donors (Lipinski definition) is 0. The Labute approximate surface area is 93.4 Å². The molecule has 0 radical (unpaired) electrons. The predicted octanol–water partition coefficient (Wildman–Crippen LogP) is 1.19. The van der Waals surface area contributed by atoms with Gasteiger partial charge < -0.3 is 9.64 Å². The number of fused-ring (bicyclic) bond motifs is 1. The summed E-state index contributed by atoms with van der Waals surface area (Å²) in [5.74, 6) is 0. The monoisotopic (exact) mass is 212 g/mol. The van der Waals surface area contributed by atoms with Crippen LogP contribution in [0.4, 0.5) is 0 Å². The highest BCUT2D eigenvalue weighted by Crippen LogP contribution is 2.20. The summed E-state index contributed by atoms with van der Waals surface area (Å²) in [7, 11) is 1.79. The lowest BCUT2D eigenvalue weighted by Gasteiger charge is -2.44. The molecule has 0 saturated carbocycles. The molecule has 2 rings (SSSR count). The molecule has 3 nitrogen and oxygen atoms in total. The van der Waals surface area contributed by atoms with Crippen LogP contribution in [-0.4, -0.2) is 62.3 Å². The van der Waals surface area contributed by atoms with E-state index in [0.29, 0.717) is 0 Å². The molecule has 1 unspecified atom stereocenters. The number of methoxy groups -OCH3 is 1. The first kappa shape index (κ1) is 11.4. The second-order valence-electron chi connectivity index (χ2n) is 4.83. The third-order valence-electron chi connectivity index (χ3n) is 3.74.